The number of aromatic nitrogens is 2. The number of carbonyl (C=O) groups is 1. The minimum atomic E-state index is -6.35. The van der Waals surface area contributed by atoms with Gasteiger partial charge in [-0.3, -0.25) is 4.79 Å². The van der Waals surface area contributed by atoms with Gasteiger partial charge in [0.1, 0.15) is 11.1 Å². The lowest BCUT2D eigenvalue weighted by molar-refractivity contribution is -0.292. The van der Waals surface area contributed by atoms with Gasteiger partial charge < -0.3 is 11.1 Å². The van der Waals surface area contributed by atoms with Crippen LogP contribution < -0.4 is 11.1 Å². The molecule has 1 saturated carbocycles. The van der Waals surface area contributed by atoms with Crippen LogP contribution in [0.25, 0.3) is 5.57 Å². The first kappa shape index (κ1) is 27.9. The van der Waals surface area contributed by atoms with E-state index in [4.69, 9.17) is 22.6 Å². The van der Waals surface area contributed by atoms with Crippen LogP contribution in [0, 0.1) is 11.3 Å². The molecule has 37 heavy (non-hydrogen) atoms. The fraction of sp³-hybridized carbons (Fsp3) is 0.333. The summed E-state index contributed by atoms with van der Waals surface area (Å²) >= 11 is 6.05. The largest absolute Gasteiger partial charge is 0.459 e. The molecule has 3 rings (SSSR count). The van der Waals surface area contributed by atoms with E-state index in [9.17, 15) is 39.9 Å². The molecule has 1 aliphatic carbocycles. The molecule has 2 aromatic rings. The number of aryl methyl sites for hydroxylation is 1. The molecule has 0 atom stereocenters. The second kappa shape index (κ2) is 9.33. The Hall–Kier alpha value is -3.67. The Morgan fingerprint density at radius 2 is 1.86 bits per heavy atom. The summed E-state index contributed by atoms with van der Waals surface area (Å²) in [5.74, 6) is -7.98. The summed E-state index contributed by atoms with van der Waals surface area (Å²) in [4.78, 5) is 16.0. The summed E-state index contributed by atoms with van der Waals surface area (Å²) in [6.45, 7) is 0. The van der Waals surface area contributed by atoms with Crippen molar-refractivity contribution < 1.29 is 39.9 Å². The maximum Gasteiger partial charge on any atom is 0.459 e. The number of alkyl halides is 8. The van der Waals surface area contributed by atoms with Crippen molar-refractivity contribution in [1.29, 1.82) is 5.26 Å². The summed E-state index contributed by atoms with van der Waals surface area (Å²) in [5.41, 5.74) is -0.636. The number of aliphatic imine (C=N–C) groups is 1. The quantitative estimate of drug-likeness (QED) is 0.376. The number of carbonyl (C=O) groups excluding carboxylic acids is 1. The summed E-state index contributed by atoms with van der Waals surface area (Å²) in [5, 5.41) is 14.4. The minimum absolute atomic E-state index is 0.0340. The number of hydrogen-bond acceptors (Lipinski definition) is 5. The van der Waals surface area contributed by atoms with Crippen LogP contribution in [0.2, 0.25) is 5.02 Å². The molecule has 0 unspecified atom stereocenters. The standard InChI is InChI=1S/C21H15ClF8N6O/c1-36-16(14(20(25,26)27)15(35-36)19(23,24)21(28,29)30)33-8-11(7-31)10-2-3-13(22)12(6-10)17(37)34-18(9-32)4-5-18/h2-3,6-8H,4-5,31H2,1H3,(H,34,37). The smallest absolute Gasteiger partial charge is 0.404 e. The Morgan fingerprint density at radius 3 is 2.35 bits per heavy atom. The van der Waals surface area contributed by atoms with Gasteiger partial charge in [-0.1, -0.05) is 17.7 Å². The van der Waals surface area contributed by atoms with E-state index in [1.165, 1.54) is 18.2 Å². The average molecular weight is 555 g/mol. The van der Waals surface area contributed by atoms with E-state index in [1.54, 1.807) is 0 Å². The number of allylic oxidation sites excluding steroid dienone is 1. The lowest BCUT2D eigenvalue weighted by Crippen LogP contribution is -2.36. The van der Waals surface area contributed by atoms with Gasteiger partial charge in [0.25, 0.3) is 5.91 Å². The number of nitrogens with zero attached hydrogens (tertiary/aromatic N) is 4. The van der Waals surface area contributed by atoms with Crippen molar-refractivity contribution in [2.24, 2.45) is 17.8 Å². The Labute approximate surface area is 208 Å². The highest BCUT2D eigenvalue weighted by Crippen LogP contribution is 2.50. The Kier molecular flexibility index (Phi) is 7.04. The molecule has 1 aromatic carbocycles. The Morgan fingerprint density at radius 1 is 1.24 bits per heavy atom. The van der Waals surface area contributed by atoms with Gasteiger partial charge in [-0.2, -0.15) is 45.5 Å². The molecule has 0 radical (unpaired) electrons. The van der Waals surface area contributed by atoms with Gasteiger partial charge in [-0.15, -0.1) is 0 Å². The molecule has 1 aromatic heterocycles. The third-order valence-corrected chi connectivity index (χ3v) is 5.65. The van der Waals surface area contributed by atoms with Crippen molar-refractivity contribution in [1.82, 2.24) is 15.1 Å². The lowest BCUT2D eigenvalue weighted by atomic mass is 10.0. The molecule has 1 aliphatic rings. The maximum atomic E-state index is 13.8. The highest BCUT2D eigenvalue weighted by molar-refractivity contribution is 6.34. The Bertz CT molecular complexity index is 1330. The summed E-state index contributed by atoms with van der Waals surface area (Å²) < 4.78 is 107. The number of hydrogen-bond donors (Lipinski definition) is 2. The molecule has 3 N–H and O–H groups in total. The van der Waals surface area contributed by atoms with Crippen LogP contribution in [-0.4, -0.2) is 33.6 Å². The lowest BCUT2D eigenvalue weighted by Gasteiger charge is -2.19. The van der Waals surface area contributed by atoms with Crippen molar-refractivity contribution in [3.8, 4) is 6.07 Å². The monoisotopic (exact) mass is 554 g/mol. The second-order valence-electron chi connectivity index (χ2n) is 7.96. The molecular formula is C21H15ClF8N6O. The van der Waals surface area contributed by atoms with E-state index < -0.39 is 46.8 Å². The molecular weight excluding hydrogens is 540 g/mol. The maximum absolute atomic E-state index is 13.8. The van der Waals surface area contributed by atoms with Crippen LogP contribution in [0.1, 0.15) is 40.0 Å². The van der Waals surface area contributed by atoms with Crippen LogP contribution in [0.15, 0.2) is 29.4 Å². The van der Waals surface area contributed by atoms with Crippen molar-refractivity contribution in [3.63, 3.8) is 0 Å². The van der Waals surface area contributed by atoms with Crippen LogP contribution in [-0.2, 0) is 19.1 Å². The first-order valence-corrected chi connectivity index (χ1v) is 10.4. The van der Waals surface area contributed by atoms with Crippen molar-refractivity contribution in [2.75, 3.05) is 0 Å². The van der Waals surface area contributed by atoms with E-state index in [-0.39, 0.29) is 26.4 Å². The highest BCUT2D eigenvalue weighted by Gasteiger charge is 2.64. The normalized spacial score (nSPS) is 16.1. The van der Waals surface area contributed by atoms with E-state index in [2.05, 4.69) is 15.4 Å². The molecule has 1 fully saturated rings. The molecule has 1 amide bonds. The fourth-order valence-corrected chi connectivity index (χ4v) is 3.38. The number of nitrogens with two attached hydrogens (primary N) is 1. The summed E-state index contributed by atoms with van der Waals surface area (Å²) in [6.07, 6.45) is -9.66. The van der Waals surface area contributed by atoms with Crippen LogP contribution in [0.3, 0.4) is 0 Å². The Balaban J connectivity index is 2.03. The van der Waals surface area contributed by atoms with Crippen LogP contribution in [0.5, 0.6) is 0 Å². The van der Waals surface area contributed by atoms with Gasteiger partial charge in [0.15, 0.2) is 11.5 Å². The van der Waals surface area contributed by atoms with Crippen molar-refractivity contribution in [3.05, 3.63) is 51.8 Å². The third kappa shape index (κ3) is 5.38. The predicted molar refractivity (Wildman–Crippen MR) is 115 cm³/mol. The van der Waals surface area contributed by atoms with E-state index >= 15 is 0 Å². The number of amides is 1. The predicted octanol–water partition coefficient (Wildman–Crippen LogP) is 5.23. The van der Waals surface area contributed by atoms with E-state index in [0.717, 1.165) is 6.20 Å². The zero-order valence-corrected chi connectivity index (χ0v) is 19.2. The fourth-order valence-electron chi connectivity index (χ4n) is 3.18. The molecule has 1 heterocycles. The minimum Gasteiger partial charge on any atom is -0.404 e. The molecule has 0 saturated heterocycles. The van der Waals surface area contributed by atoms with Gasteiger partial charge in [-0.05, 0) is 30.5 Å². The molecule has 0 spiro atoms. The van der Waals surface area contributed by atoms with Gasteiger partial charge >= 0.3 is 18.3 Å². The average Bonchev–Trinajstić information content (AvgIpc) is 3.47. The van der Waals surface area contributed by atoms with Gasteiger partial charge in [0.2, 0.25) is 0 Å². The second-order valence-corrected chi connectivity index (χ2v) is 8.37. The van der Waals surface area contributed by atoms with Crippen molar-refractivity contribution in [2.45, 2.75) is 36.7 Å². The first-order chi connectivity index (χ1) is 17.0. The number of nitriles is 1. The molecule has 7 nitrogen and oxygen atoms in total. The SMILES string of the molecule is Cn1nc(C(F)(F)C(F)(F)F)c(C(F)(F)F)c1N=CC(=CN)c1ccc(Cl)c(C(=O)NC2(C#N)CC2)c1. The van der Waals surface area contributed by atoms with Crippen LogP contribution >= 0.6 is 11.6 Å². The molecule has 16 heteroatoms. The van der Waals surface area contributed by atoms with Gasteiger partial charge in [-0.25, -0.2) is 9.67 Å². The molecule has 0 aliphatic heterocycles. The van der Waals surface area contributed by atoms with Crippen molar-refractivity contribution >= 4 is 35.1 Å². The summed E-state index contributed by atoms with van der Waals surface area (Å²) in [7, 11) is 0.706. The first-order valence-electron chi connectivity index (χ1n) is 10.1. The highest BCUT2D eigenvalue weighted by atomic mass is 35.5. The van der Waals surface area contributed by atoms with Gasteiger partial charge in [0.05, 0.1) is 16.7 Å². The van der Waals surface area contributed by atoms with E-state index in [0.29, 0.717) is 26.1 Å². The number of rotatable bonds is 6. The van der Waals surface area contributed by atoms with E-state index in [1.807, 2.05) is 6.07 Å². The number of halogens is 9. The van der Waals surface area contributed by atoms with Gasteiger partial charge in [0, 0.05) is 25.0 Å². The molecule has 0 bridgehead atoms. The zero-order valence-electron chi connectivity index (χ0n) is 18.5. The zero-order chi connectivity index (χ0) is 28.0. The summed E-state index contributed by atoms with van der Waals surface area (Å²) in [6, 6.07) is 5.70. The van der Waals surface area contributed by atoms with Crippen LogP contribution in [0.4, 0.5) is 40.9 Å². The number of nitrogens with one attached hydrogen (secondary N) is 1. The topological polar surface area (TPSA) is 109 Å². The molecule has 198 valence electrons. The third-order valence-electron chi connectivity index (χ3n) is 5.32. The number of benzene rings is 1.